The normalized spacial score (nSPS) is 10.3. The molecule has 1 aromatic carbocycles. The van der Waals surface area contributed by atoms with Crippen LogP contribution in [0.15, 0.2) is 35.0 Å². The fraction of sp³-hybridized carbons (Fsp3) is 0.353. The number of rotatable bonds is 7. The first kappa shape index (κ1) is 16.4. The van der Waals surface area contributed by atoms with Gasteiger partial charge in [-0.25, -0.2) is 0 Å². The highest BCUT2D eigenvalue weighted by molar-refractivity contribution is 7.07. The monoisotopic (exact) mass is 319 g/mol. The highest BCUT2D eigenvalue weighted by Crippen LogP contribution is 2.31. The zero-order valence-corrected chi connectivity index (χ0v) is 14.0. The summed E-state index contributed by atoms with van der Waals surface area (Å²) in [4.78, 5) is 14.7. The van der Waals surface area contributed by atoms with Crippen molar-refractivity contribution in [3.8, 4) is 11.5 Å². The van der Waals surface area contributed by atoms with E-state index in [0.29, 0.717) is 30.2 Å². The fourth-order valence-electron chi connectivity index (χ4n) is 2.35. The van der Waals surface area contributed by atoms with Gasteiger partial charge in [0.2, 0.25) is 0 Å². The largest absolute Gasteiger partial charge is 0.493 e. The van der Waals surface area contributed by atoms with Gasteiger partial charge in [-0.1, -0.05) is 13.0 Å². The van der Waals surface area contributed by atoms with Gasteiger partial charge in [0.25, 0.3) is 5.91 Å². The first-order valence-electron chi connectivity index (χ1n) is 7.22. The van der Waals surface area contributed by atoms with Crippen LogP contribution in [0.3, 0.4) is 0 Å². The van der Waals surface area contributed by atoms with Crippen LogP contribution in [0.4, 0.5) is 0 Å². The van der Waals surface area contributed by atoms with E-state index in [9.17, 15) is 4.79 Å². The molecule has 0 saturated heterocycles. The molecule has 2 rings (SSSR count). The molecule has 0 radical (unpaired) electrons. The van der Waals surface area contributed by atoms with Crippen LogP contribution in [0.1, 0.15) is 29.3 Å². The molecule has 5 heteroatoms. The summed E-state index contributed by atoms with van der Waals surface area (Å²) in [7, 11) is 3.12. The number of amides is 1. The third kappa shape index (κ3) is 3.60. The molecule has 0 aliphatic carbocycles. The van der Waals surface area contributed by atoms with E-state index in [0.717, 1.165) is 12.0 Å². The minimum absolute atomic E-state index is 0.0381. The van der Waals surface area contributed by atoms with Crippen molar-refractivity contribution in [2.75, 3.05) is 20.8 Å². The molecule has 4 nitrogen and oxygen atoms in total. The van der Waals surface area contributed by atoms with Gasteiger partial charge in [0.15, 0.2) is 11.5 Å². The van der Waals surface area contributed by atoms with Gasteiger partial charge in [-0.15, -0.1) is 0 Å². The smallest absolute Gasteiger partial charge is 0.258 e. The van der Waals surface area contributed by atoms with Crippen LogP contribution in [0.5, 0.6) is 11.5 Å². The van der Waals surface area contributed by atoms with Crippen molar-refractivity contribution in [2.45, 2.75) is 19.9 Å². The van der Waals surface area contributed by atoms with Crippen molar-refractivity contribution in [1.29, 1.82) is 0 Å². The van der Waals surface area contributed by atoms with Crippen molar-refractivity contribution in [3.63, 3.8) is 0 Å². The lowest BCUT2D eigenvalue weighted by Gasteiger charge is -2.23. The topological polar surface area (TPSA) is 38.8 Å². The Morgan fingerprint density at radius 3 is 2.64 bits per heavy atom. The number of para-hydroxylation sites is 1. The molecular formula is C17H21NO3S. The summed E-state index contributed by atoms with van der Waals surface area (Å²) in [6, 6.07) is 7.42. The summed E-state index contributed by atoms with van der Waals surface area (Å²) in [5, 5.41) is 4.09. The average Bonchev–Trinajstić information content (AvgIpc) is 3.06. The second-order valence-corrected chi connectivity index (χ2v) is 5.68. The van der Waals surface area contributed by atoms with Gasteiger partial charge >= 0.3 is 0 Å². The Hall–Kier alpha value is -2.01. The van der Waals surface area contributed by atoms with Crippen LogP contribution in [-0.2, 0) is 6.54 Å². The van der Waals surface area contributed by atoms with E-state index in [2.05, 4.69) is 12.3 Å². The van der Waals surface area contributed by atoms with Gasteiger partial charge in [0, 0.05) is 13.1 Å². The Morgan fingerprint density at radius 2 is 2.05 bits per heavy atom. The lowest BCUT2D eigenvalue weighted by atomic mass is 10.1. The molecule has 2 aromatic rings. The van der Waals surface area contributed by atoms with Crippen molar-refractivity contribution < 1.29 is 14.3 Å². The van der Waals surface area contributed by atoms with Gasteiger partial charge < -0.3 is 14.4 Å². The van der Waals surface area contributed by atoms with Crippen LogP contribution < -0.4 is 9.47 Å². The Morgan fingerprint density at radius 1 is 1.23 bits per heavy atom. The number of ether oxygens (including phenoxy) is 2. The number of carbonyl (C=O) groups is 1. The molecule has 22 heavy (non-hydrogen) atoms. The van der Waals surface area contributed by atoms with Crippen molar-refractivity contribution >= 4 is 17.2 Å². The lowest BCUT2D eigenvalue weighted by molar-refractivity contribution is 0.0739. The van der Waals surface area contributed by atoms with Gasteiger partial charge in [0.05, 0.1) is 19.8 Å². The summed E-state index contributed by atoms with van der Waals surface area (Å²) in [6.07, 6.45) is 0.905. The minimum Gasteiger partial charge on any atom is -0.493 e. The second kappa shape index (κ2) is 7.84. The Bertz CT molecular complexity index is 610. The molecule has 0 bridgehead atoms. The average molecular weight is 319 g/mol. The number of carbonyl (C=O) groups excluding carboxylic acids is 1. The molecule has 0 fully saturated rings. The Labute approximate surface area is 135 Å². The highest BCUT2D eigenvalue weighted by atomic mass is 32.1. The summed E-state index contributed by atoms with van der Waals surface area (Å²) < 4.78 is 10.7. The van der Waals surface area contributed by atoms with E-state index < -0.39 is 0 Å². The summed E-state index contributed by atoms with van der Waals surface area (Å²) in [5.41, 5.74) is 1.68. The van der Waals surface area contributed by atoms with Gasteiger partial charge in [0.1, 0.15) is 0 Å². The van der Waals surface area contributed by atoms with Gasteiger partial charge in [-0.05, 0) is 40.9 Å². The molecule has 0 spiro atoms. The SMILES string of the molecule is CCCN(Cc1ccsc1)C(=O)c1cccc(OC)c1OC. The predicted molar refractivity (Wildman–Crippen MR) is 88.9 cm³/mol. The van der Waals surface area contributed by atoms with Crippen LogP contribution in [0, 0.1) is 0 Å². The number of thiophene rings is 1. The fourth-order valence-corrected chi connectivity index (χ4v) is 3.01. The van der Waals surface area contributed by atoms with Gasteiger partial charge in [-0.3, -0.25) is 4.79 Å². The van der Waals surface area contributed by atoms with Crippen molar-refractivity contribution in [1.82, 2.24) is 4.90 Å². The molecule has 0 aliphatic heterocycles. The van der Waals surface area contributed by atoms with Crippen LogP contribution in [-0.4, -0.2) is 31.6 Å². The summed E-state index contributed by atoms with van der Waals surface area (Å²) in [6.45, 7) is 3.38. The molecule has 0 aliphatic rings. The van der Waals surface area contributed by atoms with E-state index in [1.54, 1.807) is 37.7 Å². The number of benzene rings is 1. The molecule has 1 aromatic heterocycles. The molecule has 118 valence electrons. The number of nitrogens with zero attached hydrogens (tertiary/aromatic N) is 1. The maximum atomic E-state index is 12.9. The zero-order chi connectivity index (χ0) is 15.9. The van der Waals surface area contributed by atoms with E-state index >= 15 is 0 Å². The number of hydrogen-bond donors (Lipinski definition) is 0. The molecule has 0 atom stereocenters. The minimum atomic E-state index is -0.0381. The molecule has 1 heterocycles. The van der Waals surface area contributed by atoms with E-state index in [1.165, 1.54) is 0 Å². The summed E-state index contributed by atoms with van der Waals surface area (Å²) in [5.74, 6) is 1.02. The third-order valence-corrected chi connectivity index (χ3v) is 4.10. The standard InChI is InChI=1S/C17H21NO3S/c1-4-9-18(11-13-8-10-22-12-13)17(19)14-6-5-7-15(20-2)16(14)21-3/h5-8,10,12H,4,9,11H2,1-3H3. The number of methoxy groups -OCH3 is 2. The molecule has 0 saturated carbocycles. The molecule has 0 unspecified atom stereocenters. The van der Waals surface area contributed by atoms with E-state index in [4.69, 9.17) is 9.47 Å². The zero-order valence-electron chi connectivity index (χ0n) is 13.2. The first-order valence-corrected chi connectivity index (χ1v) is 8.16. The third-order valence-electron chi connectivity index (χ3n) is 3.37. The quantitative estimate of drug-likeness (QED) is 0.779. The molecule has 0 N–H and O–H groups in total. The first-order chi connectivity index (χ1) is 10.7. The summed E-state index contributed by atoms with van der Waals surface area (Å²) >= 11 is 1.64. The maximum absolute atomic E-state index is 12.9. The lowest BCUT2D eigenvalue weighted by Crippen LogP contribution is -2.31. The highest BCUT2D eigenvalue weighted by Gasteiger charge is 2.21. The van der Waals surface area contributed by atoms with Crippen molar-refractivity contribution in [3.05, 3.63) is 46.2 Å². The van der Waals surface area contributed by atoms with E-state index in [1.807, 2.05) is 22.4 Å². The Balaban J connectivity index is 2.30. The van der Waals surface area contributed by atoms with Crippen LogP contribution in [0.2, 0.25) is 0 Å². The maximum Gasteiger partial charge on any atom is 0.258 e. The van der Waals surface area contributed by atoms with Crippen LogP contribution >= 0.6 is 11.3 Å². The van der Waals surface area contributed by atoms with Crippen molar-refractivity contribution in [2.24, 2.45) is 0 Å². The second-order valence-electron chi connectivity index (χ2n) is 4.90. The molecule has 1 amide bonds. The van der Waals surface area contributed by atoms with Gasteiger partial charge in [-0.2, -0.15) is 11.3 Å². The number of hydrogen-bond acceptors (Lipinski definition) is 4. The van der Waals surface area contributed by atoms with E-state index in [-0.39, 0.29) is 5.91 Å². The Kier molecular flexibility index (Phi) is 5.83. The van der Waals surface area contributed by atoms with Crippen LogP contribution in [0.25, 0.3) is 0 Å². The predicted octanol–water partition coefficient (Wildman–Crippen LogP) is 3.82. The molecular weight excluding hydrogens is 298 g/mol.